The van der Waals surface area contributed by atoms with Crippen molar-refractivity contribution in [3.05, 3.63) is 82.8 Å². The first-order chi connectivity index (χ1) is 19.5. The molecular weight excluding hydrogens is 553 g/mol. The number of nitrogens with one attached hydrogen (secondary N) is 1. The zero-order valence-electron chi connectivity index (χ0n) is 22.5. The molecule has 0 unspecified atom stereocenters. The van der Waals surface area contributed by atoms with Gasteiger partial charge in [-0.25, -0.2) is 9.18 Å². The fraction of sp³-hybridized carbons (Fsp3) is 0.207. The van der Waals surface area contributed by atoms with Gasteiger partial charge in [-0.3, -0.25) is 19.1 Å². The second kappa shape index (κ2) is 12.2. The van der Waals surface area contributed by atoms with E-state index in [4.69, 9.17) is 22.1 Å². The maximum absolute atomic E-state index is 15.3. The number of hydrogen-bond donors (Lipinski definition) is 2. The smallest absolute Gasteiger partial charge is 0.337 e. The molecule has 0 radical (unpaired) electrons. The normalized spacial score (nSPS) is 11.0. The number of esters is 1. The highest BCUT2D eigenvalue weighted by molar-refractivity contribution is 6.33. The number of aromatic nitrogens is 2. The number of primary amides is 1. The lowest BCUT2D eigenvalue weighted by atomic mass is 10.0. The summed E-state index contributed by atoms with van der Waals surface area (Å²) < 4.78 is 21.3. The maximum Gasteiger partial charge on any atom is 0.337 e. The van der Waals surface area contributed by atoms with E-state index < -0.39 is 35.5 Å². The van der Waals surface area contributed by atoms with Crippen molar-refractivity contribution in [2.75, 3.05) is 19.0 Å². The third-order valence-electron chi connectivity index (χ3n) is 6.38. The predicted octanol–water partition coefficient (Wildman–Crippen LogP) is 4.26. The number of ether oxygens (including phenoxy) is 1. The zero-order valence-corrected chi connectivity index (χ0v) is 23.2. The third-order valence-corrected chi connectivity index (χ3v) is 6.71. The van der Waals surface area contributed by atoms with Crippen LogP contribution >= 0.6 is 11.6 Å². The number of benzene rings is 3. The Morgan fingerprint density at radius 3 is 2.44 bits per heavy atom. The van der Waals surface area contributed by atoms with Crippen LogP contribution in [0.2, 0.25) is 5.02 Å². The molecule has 0 atom stereocenters. The minimum absolute atomic E-state index is 0.0610. The Labute approximate surface area is 239 Å². The fourth-order valence-corrected chi connectivity index (χ4v) is 4.60. The van der Waals surface area contributed by atoms with E-state index in [1.54, 1.807) is 50.2 Å². The van der Waals surface area contributed by atoms with E-state index in [1.165, 1.54) is 41.0 Å². The molecule has 12 heteroatoms. The summed E-state index contributed by atoms with van der Waals surface area (Å²) >= 11 is 6.23. The van der Waals surface area contributed by atoms with Crippen LogP contribution in [0, 0.1) is 5.82 Å². The Hall–Kier alpha value is -4.77. The minimum Gasteiger partial charge on any atom is -0.465 e. The number of fused-ring (bicyclic) bond motifs is 1. The highest BCUT2D eigenvalue weighted by atomic mass is 35.5. The monoisotopic (exact) mass is 579 g/mol. The molecule has 0 fully saturated rings. The van der Waals surface area contributed by atoms with Crippen molar-refractivity contribution in [1.29, 1.82) is 0 Å². The van der Waals surface area contributed by atoms with E-state index in [-0.39, 0.29) is 41.0 Å². The van der Waals surface area contributed by atoms with Crippen LogP contribution in [-0.4, -0.2) is 58.1 Å². The number of halogens is 2. The van der Waals surface area contributed by atoms with Gasteiger partial charge in [0, 0.05) is 27.6 Å². The van der Waals surface area contributed by atoms with E-state index in [0.29, 0.717) is 16.1 Å². The number of carbonyl (C=O) groups is 4. The van der Waals surface area contributed by atoms with Crippen molar-refractivity contribution < 1.29 is 28.3 Å². The quantitative estimate of drug-likeness (QED) is 0.284. The highest BCUT2D eigenvalue weighted by Gasteiger charge is 2.24. The number of nitrogens with two attached hydrogens (primary N) is 1. The standard InChI is InChI=1S/C29H27ClFN5O5/c1-16(2)35(14-24(37)33-22-10-6-8-19(26(22)31)18-7-4-5-9-21(18)30)25(38)15-36-23-12-11-17(29(40)41-3)13-20(23)27(34-36)28(32)39/h4-13,16H,14-15H2,1-3H3,(H2,32,39)(H,33,37). The van der Waals surface area contributed by atoms with Gasteiger partial charge in [-0.1, -0.05) is 41.9 Å². The molecule has 212 valence electrons. The van der Waals surface area contributed by atoms with Gasteiger partial charge in [0.2, 0.25) is 11.8 Å². The van der Waals surface area contributed by atoms with Gasteiger partial charge in [-0.05, 0) is 44.2 Å². The first-order valence-corrected chi connectivity index (χ1v) is 12.9. The van der Waals surface area contributed by atoms with Gasteiger partial charge < -0.3 is 20.7 Å². The molecule has 0 aliphatic heterocycles. The molecule has 3 aromatic carbocycles. The summed E-state index contributed by atoms with van der Waals surface area (Å²) in [5.41, 5.74) is 6.55. The van der Waals surface area contributed by atoms with Crippen LogP contribution in [0.5, 0.6) is 0 Å². The number of amides is 3. The molecule has 3 amide bonds. The van der Waals surface area contributed by atoms with Crippen LogP contribution in [0.3, 0.4) is 0 Å². The molecule has 41 heavy (non-hydrogen) atoms. The van der Waals surface area contributed by atoms with Gasteiger partial charge in [-0.2, -0.15) is 5.10 Å². The molecule has 4 aromatic rings. The van der Waals surface area contributed by atoms with Crippen molar-refractivity contribution in [2.24, 2.45) is 5.73 Å². The number of nitrogens with zero attached hydrogens (tertiary/aromatic N) is 3. The summed E-state index contributed by atoms with van der Waals surface area (Å²) in [4.78, 5) is 51.6. The summed E-state index contributed by atoms with van der Waals surface area (Å²) in [6.07, 6.45) is 0. The largest absolute Gasteiger partial charge is 0.465 e. The van der Waals surface area contributed by atoms with E-state index in [2.05, 4.69) is 10.4 Å². The SMILES string of the molecule is COC(=O)c1ccc2c(c1)c(C(N)=O)nn2CC(=O)N(CC(=O)Nc1cccc(-c2ccccc2Cl)c1F)C(C)C. The summed E-state index contributed by atoms with van der Waals surface area (Å²) in [7, 11) is 1.23. The van der Waals surface area contributed by atoms with Crippen molar-refractivity contribution >= 4 is 51.9 Å². The highest BCUT2D eigenvalue weighted by Crippen LogP contribution is 2.32. The van der Waals surface area contributed by atoms with Gasteiger partial charge in [0.05, 0.1) is 23.9 Å². The molecule has 0 bridgehead atoms. The minimum atomic E-state index is -0.843. The lowest BCUT2D eigenvalue weighted by molar-refractivity contribution is -0.137. The molecule has 0 saturated carbocycles. The van der Waals surface area contributed by atoms with E-state index in [1.807, 2.05) is 0 Å². The third kappa shape index (κ3) is 6.20. The van der Waals surface area contributed by atoms with Crippen molar-refractivity contribution in [3.63, 3.8) is 0 Å². The average Bonchev–Trinajstić information content (AvgIpc) is 3.30. The number of carbonyl (C=O) groups excluding carboxylic acids is 4. The molecule has 4 rings (SSSR count). The molecule has 0 spiro atoms. The van der Waals surface area contributed by atoms with Crippen molar-refractivity contribution in [3.8, 4) is 11.1 Å². The molecule has 10 nitrogen and oxygen atoms in total. The van der Waals surface area contributed by atoms with Gasteiger partial charge in [0.1, 0.15) is 13.1 Å². The summed E-state index contributed by atoms with van der Waals surface area (Å²) in [6, 6.07) is 15.3. The molecular formula is C29H27ClFN5O5. The molecule has 0 aliphatic rings. The van der Waals surface area contributed by atoms with Crippen molar-refractivity contribution in [1.82, 2.24) is 14.7 Å². The fourth-order valence-electron chi connectivity index (χ4n) is 4.36. The zero-order chi connectivity index (χ0) is 29.8. The average molecular weight is 580 g/mol. The number of anilines is 1. The Morgan fingerprint density at radius 2 is 1.78 bits per heavy atom. The van der Waals surface area contributed by atoms with Crippen LogP contribution in [0.1, 0.15) is 34.7 Å². The lowest BCUT2D eigenvalue weighted by Crippen LogP contribution is -2.44. The van der Waals surface area contributed by atoms with Crippen LogP contribution in [0.15, 0.2) is 60.7 Å². The van der Waals surface area contributed by atoms with Crippen LogP contribution < -0.4 is 11.1 Å². The second-order valence-electron chi connectivity index (χ2n) is 9.40. The summed E-state index contributed by atoms with van der Waals surface area (Å²) in [5.74, 6) is -3.22. The van der Waals surface area contributed by atoms with Crippen molar-refractivity contribution in [2.45, 2.75) is 26.4 Å². The van der Waals surface area contributed by atoms with Crippen LogP contribution in [-0.2, 0) is 20.9 Å². The predicted molar refractivity (Wildman–Crippen MR) is 152 cm³/mol. The van der Waals surface area contributed by atoms with Gasteiger partial charge in [0.15, 0.2) is 11.5 Å². The van der Waals surface area contributed by atoms with Crippen LogP contribution in [0.25, 0.3) is 22.0 Å². The van der Waals surface area contributed by atoms with Gasteiger partial charge in [-0.15, -0.1) is 0 Å². The molecule has 1 aromatic heterocycles. The van der Waals surface area contributed by atoms with E-state index in [9.17, 15) is 19.2 Å². The molecule has 0 saturated heterocycles. The maximum atomic E-state index is 15.3. The first kappa shape index (κ1) is 29.2. The van der Waals surface area contributed by atoms with E-state index >= 15 is 4.39 Å². The second-order valence-corrected chi connectivity index (χ2v) is 9.81. The van der Waals surface area contributed by atoms with Gasteiger partial charge in [0.25, 0.3) is 5.91 Å². The van der Waals surface area contributed by atoms with E-state index in [0.717, 1.165) is 0 Å². The van der Waals surface area contributed by atoms with Crippen LogP contribution in [0.4, 0.5) is 10.1 Å². The Balaban J connectivity index is 1.55. The van der Waals surface area contributed by atoms with Gasteiger partial charge >= 0.3 is 5.97 Å². The Kier molecular flexibility index (Phi) is 8.68. The summed E-state index contributed by atoms with van der Waals surface area (Å²) in [5, 5.41) is 7.35. The number of methoxy groups -OCH3 is 1. The molecule has 3 N–H and O–H groups in total. The first-order valence-electron chi connectivity index (χ1n) is 12.5. The molecule has 1 heterocycles. The Bertz CT molecular complexity index is 1670. The number of hydrogen-bond acceptors (Lipinski definition) is 6. The Morgan fingerprint density at radius 1 is 1.07 bits per heavy atom. The lowest BCUT2D eigenvalue weighted by Gasteiger charge is -2.26. The number of rotatable bonds is 9. The summed E-state index contributed by atoms with van der Waals surface area (Å²) in [6.45, 7) is 2.74. The topological polar surface area (TPSA) is 137 Å². The molecule has 0 aliphatic carbocycles.